The van der Waals surface area contributed by atoms with E-state index in [2.05, 4.69) is 0 Å². The lowest BCUT2D eigenvalue weighted by Crippen LogP contribution is -2.59. The highest BCUT2D eigenvalue weighted by molar-refractivity contribution is 5.95. The maximum Gasteiger partial charge on any atom is 0.204 e. The van der Waals surface area contributed by atoms with Gasteiger partial charge in [-0.25, -0.2) is 0 Å². The molecule has 0 amide bonds. The molecule has 0 saturated carbocycles. The van der Waals surface area contributed by atoms with Crippen molar-refractivity contribution in [3.05, 3.63) is 34.0 Å². The van der Waals surface area contributed by atoms with Gasteiger partial charge in [0.2, 0.25) is 5.43 Å². The fraction of sp³-hybridized carbons (Fsp3) is 0.350. The maximum absolute atomic E-state index is 12.9. The molecule has 8 N–H and O–H groups in total. The zero-order chi connectivity index (χ0) is 22.6. The third-order valence-electron chi connectivity index (χ3n) is 5.51. The molecule has 5 unspecified atom stereocenters. The van der Waals surface area contributed by atoms with Crippen molar-refractivity contribution in [1.82, 2.24) is 0 Å². The first-order chi connectivity index (χ1) is 14.6. The second-order valence-corrected chi connectivity index (χ2v) is 7.44. The molecule has 1 aliphatic heterocycles. The molecule has 0 aliphatic carbocycles. The monoisotopic (exact) mass is 436 g/mol. The number of phenols is 4. The number of hydrogen-bond donors (Lipinski definition) is 8. The number of aliphatic hydroxyl groups is 4. The Morgan fingerprint density at radius 2 is 1.42 bits per heavy atom. The molecular formula is C20H20O11. The van der Waals surface area contributed by atoms with Gasteiger partial charge >= 0.3 is 0 Å². The Morgan fingerprint density at radius 1 is 0.806 bits per heavy atom. The summed E-state index contributed by atoms with van der Waals surface area (Å²) in [5.41, 5.74) is -1.24. The molecule has 0 radical (unpaired) electrons. The summed E-state index contributed by atoms with van der Waals surface area (Å²) < 4.78 is 10.9. The van der Waals surface area contributed by atoms with Crippen molar-refractivity contribution in [3.8, 4) is 23.0 Å². The number of fused-ring (bicyclic) bond motifs is 2. The quantitative estimate of drug-likeness (QED) is 0.188. The average molecular weight is 436 g/mol. The molecule has 1 aliphatic rings. The normalized spacial score (nSPS) is 26.5. The van der Waals surface area contributed by atoms with E-state index in [9.17, 15) is 45.6 Å². The molecule has 1 aromatic heterocycles. The molecule has 4 rings (SSSR count). The third-order valence-corrected chi connectivity index (χ3v) is 5.51. The molecule has 11 nitrogen and oxygen atoms in total. The van der Waals surface area contributed by atoms with Crippen molar-refractivity contribution in [3.63, 3.8) is 0 Å². The lowest BCUT2D eigenvalue weighted by atomic mass is 9.90. The zero-order valence-corrected chi connectivity index (χ0v) is 15.8. The van der Waals surface area contributed by atoms with Crippen LogP contribution < -0.4 is 5.43 Å². The summed E-state index contributed by atoms with van der Waals surface area (Å²) in [5, 5.41) is 79.3. The van der Waals surface area contributed by atoms with Crippen LogP contribution in [0.5, 0.6) is 23.0 Å². The molecule has 2 aromatic carbocycles. The number of aromatic hydroxyl groups is 4. The number of ether oxygens (including phenoxy) is 1. The molecule has 0 spiro atoms. The van der Waals surface area contributed by atoms with Crippen LogP contribution in [0, 0.1) is 0 Å². The Morgan fingerprint density at radius 3 is 2.10 bits per heavy atom. The summed E-state index contributed by atoms with van der Waals surface area (Å²) in [5.74, 6) is -2.27. The Bertz CT molecular complexity index is 1220. The summed E-state index contributed by atoms with van der Waals surface area (Å²) in [4.78, 5) is 12.9. The number of aliphatic hydroxyl groups excluding tert-OH is 4. The minimum Gasteiger partial charge on any atom is -0.507 e. The van der Waals surface area contributed by atoms with Crippen molar-refractivity contribution < 1.29 is 50.0 Å². The van der Waals surface area contributed by atoms with E-state index >= 15 is 0 Å². The number of hydrogen-bond acceptors (Lipinski definition) is 11. The summed E-state index contributed by atoms with van der Waals surface area (Å²) in [6.07, 6.45) is -7.63. The largest absolute Gasteiger partial charge is 0.507 e. The average Bonchev–Trinajstić information content (AvgIpc) is 2.72. The molecule has 5 atom stereocenters. The SMILES string of the molecule is O=c1c2cc(O)c(O)cc2oc2cc(O)c(CC3OC(CO)C(O)C(O)C3O)c(O)c12. The fourth-order valence-corrected chi connectivity index (χ4v) is 3.79. The van der Waals surface area contributed by atoms with Crippen LogP contribution in [0.1, 0.15) is 5.56 Å². The minimum absolute atomic E-state index is 0.0896. The van der Waals surface area contributed by atoms with E-state index in [1.807, 2.05) is 0 Å². The van der Waals surface area contributed by atoms with Crippen LogP contribution >= 0.6 is 0 Å². The van der Waals surface area contributed by atoms with Gasteiger partial charge in [0.1, 0.15) is 52.5 Å². The highest BCUT2D eigenvalue weighted by Gasteiger charge is 2.43. The lowest BCUT2D eigenvalue weighted by molar-refractivity contribution is -0.228. The van der Waals surface area contributed by atoms with Crippen LogP contribution in [0.15, 0.2) is 27.4 Å². The number of rotatable bonds is 3. The van der Waals surface area contributed by atoms with E-state index in [0.29, 0.717) is 0 Å². The number of phenolic OH excluding ortho intramolecular Hbond substituents is 4. The Balaban J connectivity index is 1.84. The van der Waals surface area contributed by atoms with Gasteiger partial charge in [-0.05, 0) is 6.07 Å². The van der Waals surface area contributed by atoms with Crippen molar-refractivity contribution >= 4 is 21.9 Å². The molecule has 166 valence electrons. The molecule has 11 heteroatoms. The molecule has 1 fully saturated rings. The molecule has 31 heavy (non-hydrogen) atoms. The van der Waals surface area contributed by atoms with Gasteiger partial charge in [0.25, 0.3) is 0 Å². The number of benzene rings is 2. The maximum atomic E-state index is 12.9. The van der Waals surface area contributed by atoms with Crippen LogP contribution in [0.4, 0.5) is 0 Å². The summed E-state index contributed by atoms with van der Waals surface area (Å²) in [7, 11) is 0. The van der Waals surface area contributed by atoms with Gasteiger partial charge in [0, 0.05) is 24.1 Å². The second-order valence-electron chi connectivity index (χ2n) is 7.44. The van der Waals surface area contributed by atoms with E-state index in [0.717, 1.165) is 18.2 Å². The van der Waals surface area contributed by atoms with Gasteiger partial charge in [-0.3, -0.25) is 4.79 Å². The summed E-state index contributed by atoms with van der Waals surface area (Å²) >= 11 is 0. The van der Waals surface area contributed by atoms with E-state index in [1.54, 1.807) is 0 Å². The molecule has 3 aromatic rings. The van der Waals surface area contributed by atoms with Gasteiger partial charge in [-0.2, -0.15) is 0 Å². The molecule has 0 bridgehead atoms. The van der Waals surface area contributed by atoms with Crippen LogP contribution in [0.25, 0.3) is 21.9 Å². The van der Waals surface area contributed by atoms with Crippen LogP contribution in [0.2, 0.25) is 0 Å². The first-order valence-electron chi connectivity index (χ1n) is 9.30. The van der Waals surface area contributed by atoms with Gasteiger partial charge in [0.05, 0.1) is 18.1 Å². The van der Waals surface area contributed by atoms with Gasteiger partial charge in [-0.1, -0.05) is 0 Å². The van der Waals surface area contributed by atoms with Gasteiger partial charge in [-0.15, -0.1) is 0 Å². The van der Waals surface area contributed by atoms with E-state index < -0.39 is 65.6 Å². The molecule has 1 saturated heterocycles. The highest BCUT2D eigenvalue weighted by Crippen LogP contribution is 2.39. The zero-order valence-electron chi connectivity index (χ0n) is 15.8. The van der Waals surface area contributed by atoms with Gasteiger partial charge < -0.3 is 50.0 Å². The van der Waals surface area contributed by atoms with E-state index in [4.69, 9.17) is 9.15 Å². The first-order valence-corrected chi connectivity index (χ1v) is 9.30. The smallest absolute Gasteiger partial charge is 0.204 e. The highest BCUT2D eigenvalue weighted by atomic mass is 16.5. The predicted octanol–water partition coefficient (Wildman–Crippen LogP) is -0.847. The Kier molecular flexibility index (Phi) is 5.15. The second kappa shape index (κ2) is 7.55. The molecular weight excluding hydrogens is 416 g/mol. The van der Waals surface area contributed by atoms with E-state index in [1.165, 1.54) is 0 Å². The third kappa shape index (κ3) is 3.32. The predicted molar refractivity (Wildman–Crippen MR) is 104 cm³/mol. The van der Waals surface area contributed by atoms with Crippen molar-refractivity contribution in [2.45, 2.75) is 36.9 Å². The van der Waals surface area contributed by atoms with Crippen LogP contribution in [-0.2, 0) is 11.2 Å². The van der Waals surface area contributed by atoms with Gasteiger partial charge in [0.15, 0.2) is 11.5 Å². The lowest BCUT2D eigenvalue weighted by Gasteiger charge is -2.40. The van der Waals surface area contributed by atoms with Crippen molar-refractivity contribution in [2.75, 3.05) is 6.61 Å². The topological polar surface area (TPSA) is 201 Å². The standard InChI is InChI=1S/C20H20O11/c21-5-14-19(28)20(29)18(27)13(31-14)2-6-8(22)3-12-15(16(6)25)17(26)7-1-9(23)10(24)4-11(7)30-12/h1,3-4,13-14,18-25,27-29H,2,5H2. The first kappa shape index (κ1) is 21.2. The Labute approximate surface area is 173 Å². The van der Waals surface area contributed by atoms with Crippen molar-refractivity contribution in [2.24, 2.45) is 0 Å². The Hall–Kier alpha value is -3.09. The fourth-order valence-electron chi connectivity index (χ4n) is 3.79. The van der Waals surface area contributed by atoms with E-state index in [-0.39, 0.29) is 33.9 Å². The van der Waals surface area contributed by atoms with Crippen LogP contribution in [0.3, 0.4) is 0 Å². The summed E-state index contributed by atoms with van der Waals surface area (Å²) in [6.45, 7) is -0.650. The minimum atomic E-state index is -1.65. The van der Waals surface area contributed by atoms with Crippen molar-refractivity contribution in [1.29, 1.82) is 0 Å². The van der Waals surface area contributed by atoms with Crippen LogP contribution in [-0.4, -0.2) is 78.0 Å². The molecule has 2 heterocycles. The summed E-state index contributed by atoms with van der Waals surface area (Å²) in [6, 6.07) is 3.04.